The van der Waals surface area contributed by atoms with Gasteiger partial charge in [-0.25, -0.2) is 4.39 Å². The minimum atomic E-state index is -0.740. The lowest BCUT2D eigenvalue weighted by molar-refractivity contribution is -0.182. The predicted octanol–water partition coefficient (Wildman–Crippen LogP) is 1.89. The fourth-order valence-corrected chi connectivity index (χ4v) is 3.45. The van der Waals surface area contributed by atoms with E-state index in [2.05, 4.69) is 11.9 Å². The van der Waals surface area contributed by atoms with Gasteiger partial charge >= 0.3 is 7.12 Å². The second-order valence-corrected chi connectivity index (χ2v) is 8.65. The van der Waals surface area contributed by atoms with Gasteiger partial charge in [0.05, 0.1) is 24.4 Å². The van der Waals surface area contributed by atoms with Crippen LogP contribution in [0, 0.1) is 11.2 Å². The molecule has 0 amide bonds. The minimum Gasteiger partial charge on any atom is -0.399 e. The van der Waals surface area contributed by atoms with Crippen molar-refractivity contribution in [3.63, 3.8) is 0 Å². The third kappa shape index (κ3) is 3.58. The molecule has 5 nitrogen and oxygen atoms in total. The smallest absolute Gasteiger partial charge is 0.399 e. The van der Waals surface area contributed by atoms with Gasteiger partial charge in [-0.2, -0.15) is 0 Å². The highest BCUT2D eigenvalue weighted by Crippen LogP contribution is 2.37. The Bertz CT molecular complexity index is 666. The molecule has 0 saturated carbocycles. The third-order valence-corrected chi connectivity index (χ3v) is 5.69. The van der Waals surface area contributed by atoms with Gasteiger partial charge in [-0.15, -0.1) is 0 Å². The number of carbonyl (C=O) groups is 1. The third-order valence-electron chi connectivity index (χ3n) is 5.69. The van der Waals surface area contributed by atoms with Crippen LogP contribution in [0.1, 0.15) is 38.1 Å². The number of hydrogen-bond acceptors (Lipinski definition) is 5. The average molecular weight is 363 g/mol. The van der Waals surface area contributed by atoms with E-state index in [4.69, 9.17) is 14.0 Å². The molecule has 0 N–H and O–H groups in total. The van der Waals surface area contributed by atoms with Gasteiger partial charge in [-0.3, -0.25) is 4.79 Å². The lowest BCUT2D eigenvalue weighted by atomic mass is 9.78. The first-order valence-electron chi connectivity index (χ1n) is 8.94. The first-order valence-corrected chi connectivity index (χ1v) is 8.94. The van der Waals surface area contributed by atoms with Crippen molar-refractivity contribution in [1.82, 2.24) is 4.90 Å². The summed E-state index contributed by atoms with van der Waals surface area (Å²) in [6.45, 7) is 12.2. The van der Waals surface area contributed by atoms with Gasteiger partial charge < -0.3 is 18.9 Å². The van der Waals surface area contributed by atoms with Crippen LogP contribution in [0.25, 0.3) is 0 Å². The zero-order chi connectivity index (χ0) is 19.2. The summed E-state index contributed by atoms with van der Waals surface area (Å²) in [6.07, 6.45) is 0.608. The normalized spacial score (nSPS) is 25.1. The summed E-state index contributed by atoms with van der Waals surface area (Å²) in [4.78, 5) is 12.9. The maximum Gasteiger partial charge on any atom is 0.497 e. The van der Waals surface area contributed by atoms with E-state index in [1.807, 2.05) is 27.7 Å². The number of carbonyl (C=O) groups excluding carboxylic acids is 1. The summed E-state index contributed by atoms with van der Waals surface area (Å²) in [5.41, 5.74) is 0.224. The first-order chi connectivity index (χ1) is 12.1. The summed E-state index contributed by atoms with van der Waals surface area (Å²) in [5, 5.41) is 0. The zero-order valence-electron chi connectivity index (χ0n) is 16.2. The van der Waals surface area contributed by atoms with Gasteiger partial charge in [0.15, 0.2) is 0 Å². The second-order valence-electron chi connectivity index (χ2n) is 8.65. The SMILES string of the molecule is CC1(C)OB(c2ccc(C=O)cc2F)OC1(C)C.CN1CC2(COC2)C1. The van der Waals surface area contributed by atoms with Crippen LogP contribution in [0.5, 0.6) is 0 Å². The molecule has 3 fully saturated rings. The fraction of sp³-hybridized carbons (Fsp3) is 0.632. The molecule has 7 heteroatoms. The number of nitrogens with zero attached hydrogens (tertiary/aromatic N) is 1. The highest BCUT2D eigenvalue weighted by Gasteiger charge is 2.52. The molecule has 142 valence electrons. The Balaban J connectivity index is 0.000000201. The summed E-state index contributed by atoms with van der Waals surface area (Å²) >= 11 is 0. The number of likely N-dealkylation sites (tertiary alicyclic amines) is 1. The molecule has 0 atom stereocenters. The van der Waals surface area contributed by atoms with E-state index in [9.17, 15) is 9.18 Å². The molecule has 3 saturated heterocycles. The average Bonchev–Trinajstić information content (AvgIpc) is 2.70. The Hall–Kier alpha value is -1.28. The molecule has 0 aromatic heterocycles. The Morgan fingerprint density at radius 3 is 2.04 bits per heavy atom. The molecule has 3 aliphatic rings. The van der Waals surface area contributed by atoms with Crippen LogP contribution in [0.2, 0.25) is 0 Å². The molecule has 1 aromatic rings. The molecular weight excluding hydrogens is 336 g/mol. The highest BCUT2D eigenvalue weighted by atomic mass is 19.1. The van der Waals surface area contributed by atoms with E-state index in [1.165, 1.54) is 25.2 Å². The summed E-state index contributed by atoms with van der Waals surface area (Å²) in [6, 6.07) is 4.27. The lowest BCUT2D eigenvalue weighted by Crippen LogP contribution is -2.64. The van der Waals surface area contributed by atoms with Crippen molar-refractivity contribution in [3.05, 3.63) is 29.6 Å². The van der Waals surface area contributed by atoms with Crippen LogP contribution in [0.15, 0.2) is 18.2 Å². The van der Waals surface area contributed by atoms with E-state index in [0.29, 0.717) is 22.7 Å². The maximum absolute atomic E-state index is 13.9. The Morgan fingerprint density at radius 2 is 1.69 bits per heavy atom. The summed E-state index contributed by atoms with van der Waals surface area (Å²) < 4.78 is 30.5. The Morgan fingerprint density at radius 1 is 1.12 bits per heavy atom. The maximum atomic E-state index is 13.9. The highest BCUT2D eigenvalue weighted by molar-refractivity contribution is 6.62. The summed E-state index contributed by atoms with van der Waals surface area (Å²) in [5.74, 6) is -0.488. The number of benzene rings is 1. The fourth-order valence-electron chi connectivity index (χ4n) is 3.45. The van der Waals surface area contributed by atoms with E-state index < -0.39 is 24.1 Å². The minimum absolute atomic E-state index is 0.299. The molecule has 0 bridgehead atoms. The van der Waals surface area contributed by atoms with E-state index >= 15 is 0 Å². The second kappa shape index (κ2) is 6.71. The number of aldehydes is 1. The van der Waals surface area contributed by atoms with Crippen molar-refractivity contribution in [2.24, 2.45) is 5.41 Å². The largest absolute Gasteiger partial charge is 0.497 e. The van der Waals surface area contributed by atoms with Crippen LogP contribution in [0.3, 0.4) is 0 Å². The van der Waals surface area contributed by atoms with Crippen LogP contribution < -0.4 is 5.46 Å². The molecule has 26 heavy (non-hydrogen) atoms. The van der Waals surface area contributed by atoms with E-state index in [0.717, 1.165) is 13.2 Å². The molecule has 0 radical (unpaired) electrons. The zero-order valence-corrected chi connectivity index (χ0v) is 16.2. The van der Waals surface area contributed by atoms with Crippen molar-refractivity contribution < 1.29 is 23.2 Å². The lowest BCUT2D eigenvalue weighted by Gasteiger charge is -2.53. The van der Waals surface area contributed by atoms with Crippen molar-refractivity contribution in [2.75, 3.05) is 33.4 Å². The van der Waals surface area contributed by atoms with E-state index in [-0.39, 0.29) is 0 Å². The van der Waals surface area contributed by atoms with Gasteiger partial charge in [0.1, 0.15) is 12.1 Å². The number of ether oxygens (including phenoxy) is 1. The topological polar surface area (TPSA) is 48.0 Å². The van der Waals surface area contributed by atoms with Crippen LogP contribution in [0.4, 0.5) is 4.39 Å². The van der Waals surface area contributed by atoms with Crippen LogP contribution >= 0.6 is 0 Å². The monoisotopic (exact) mass is 363 g/mol. The van der Waals surface area contributed by atoms with Crippen LogP contribution in [-0.4, -0.2) is 62.9 Å². The van der Waals surface area contributed by atoms with Gasteiger partial charge in [0.25, 0.3) is 0 Å². The van der Waals surface area contributed by atoms with Gasteiger partial charge in [0.2, 0.25) is 0 Å². The van der Waals surface area contributed by atoms with Crippen LogP contribution in [-0.2, 0) is 14.0 Å². The number of rotatable bonds is 2. The van der Waals surface area contributed by atoms with Crippen molar-refractivity contribution in [1.29, 1.82) is 0 Å². The van der Waals surface area contributed by atoms with E-state index in [1.54, 1.807) is 6.07 Å². The molecule has 0 unspecified atom stereocenters. The standard InChI is InChI=1S/C13H16BFO3.C6H11NO/c1-12(2)13(3,4)18-14(17-12)10-6-5-9(8-16)7-11(10)15;1-7-2-6(3-7)4-8-5-6/h5-8H,1-4H3;2-5H2,1H3. The van der Waals surface area contributed by atoms with Gasteiger partial charge in [-0.1, -0.05) is 12.1 Å². The molecular formula is C19H27BFNO4. The molecule has 0 aliphatic carbocycles. The van der Waals surface area contributed by atoms with Gasteiger partial charge in [-0.05, 0) is 40.8 Å². The summed E-state index contributed by atoms with van der Waals surface area (Å²) in [7, 11) is 1.42. The molecule has 1 aromatic carbocycles. The van der Waals surface area contributed by atoms with Crippen molar-refractivity contribution in [2.45, 2.75) is 38.9 Å². The molecule has 3 heterocycles. The van der Waals surface area contributed by atoms with Gasteiger partial charge in [0, 0.05) is 29.5 Å². The Labute approximate surface area is 154 Å². The molecule has 1 spiro atoms. The molecule has 3 aliphatic heterocycles. The molecule has 4 rings (SSSR count). The van der Waals surface area contributed by atoms with Crippen molar-refractivity contribution >= 4 is 18.9 Å². The quantitative estimate of drug-likeness (QED) is 0.593. The Kier molecular flexibility index (Phi) is 5.03. The number of hydrogen-bond donors (Lipinski definition) is 0. The van der Waals surface area contributed by atoms with Crippen molar-refractivity contribution in [3.8, 4) is 0 Å². The first kappa shape index (κ1) is 19.5. The number of halogens is 1. The predicted molar refractivity (Wildman–Crippen MR) is 98.3 cm³/mol.